The minimum Gasteiger partial charge on any atom is -0.403 e. The summed E-state index contributed by atoms with van der Waals surface area (Å²) in [6.07, 6.45) is 0.0980. The first kappa shape index (κ1) is 16.1. The molecule has 106 valence electrons. The SMILES string of the molecule is CCC(=O)[C@H](O[Si](C)(C)C(C)(C)C)c1ccccc1. The molecule has 1 aromatic carbocycles. The van der Waals surface area contributed by atoms with Gasteiger partial charge in [-0.25, -0.2) is 0 Å². The van der Waals surface area contributed by atoms with E-state index in [9.17, 15) is 4.79 Å². The summed E-state index contributed by atoms with van der Waals surface area (Å²) in [7, 11) is -1.95. The Balaban J connectivity index is 3.05. The maximum Gasteiger partial charge on any atom is 0.193 e. The van der Waals surface area contributed by atoms with Crippen LogP contribution in [0.25, 0.3) is 0 Å². The fourth-order valence-corrected chi connectivity index (χ4v) is 2.81. The van der Waals surface area contributed by atoms with Gasteiger partial charge in [-0.05, 0) is 23.7 Å². The number of ketones is 1. The van der Waals surface area contributed by atoms with E-state index in [0.717, 1.165) is 5.56 Å². The number of benzene rings is 1. The second-order valence-corrected chi connectivity index (χ2v) is 11.2. The Bertz CT molecular complexity index is 418. The van der Waals surface area contributed by atoms with E-state index >= 15 is 0 Å². The fraction of sp³-hybridized carbons (Fsp3) is 0.562. The average Bonchev–Trinajstić information content (AvgIpc) is 2.35. The molecule has 0 N–H and O–H groups in total. The van der Waals surface area contributed by atoms with Crippen molar-refractivity contribution in [1.29, 1.82) is 0 Å². The van der Waals surface area contributed by atoms with E-state index in [1.807, 2.05) is 37.3 Å². The topological polar surface area (TPSA) is 26.3 Å². The molecule has 0 aliphatic rings. The van der Waals surface area contributed by atoms with E-state index in [0.29, 0.717) is 6.42 Å². The molecule has 19 heavy (non-hydrogen) atoms. The van der Waals surface area contributed by atoms with E-state index in [1.165, 1.54) is 0 Å². The lowest BCUT2D eigenvalue weighted by Crippen LogP contribution is -2.43. The van der Waals surface area contributed by atoms with Crippen molar-refractivity contribution >= 4 is 14.1 Å². The molecular formula is C16H26O2Si. The van der Waals surface area contributed by atoms with Crippen LogP contribution in [0.4, 0.5) is 0 Å². The fourth-order valence-electron chi connectivity index (χ4n) is 1.60. The third kappa shape index (κ3) is 4.01. The molecule has 3 heteroatoms. The first-order valence-corrected chi connectivity index (χ1v) is 9.85. The molecule has 0 fully saturated rings. The van der Waals surface area contributed by atoms with E-state index in [4.69, 9.17) is 4.43 Å². The van der Waals surface area contributed by atoms with E-state index in [-0.39, 0.29) is 10.8 Å². The van der Waals surface area contributed by atoms with Crippen molar-refractivity contribution in [2.75, 3.05) is 0 Å². The maximum absolute atomic E-state index is 12.2. The molecule has 1 aromatic rings. The van der Waals surface area contributed by atoms with Gasteiger partial charge in [0.25, 0.3) is 0 Å². The molecule has 0 aliphatic carbocycles. The van der Waals surface area contributed by atoms with Crippen LogP contribution in [0.1, 0.15) is 45.8 Å². The molecule has 0 bridgehead atoms. The Morgan fingerprint density at radius 3 is 2.16 bits per heavy atom. The summed E-state index contributed by atoms with van der Waals surface area (Å²) in [6, 6.07) is 9.83. The largest absolute Gasteiger partial charge is 0.403 e. The number of Topliss-reactive ketones (excluding diaryl/α,β-unsaturated/α-hetero) is 1. The Hall–Kier alpha value is -0.933. The molecule has 0 amide bonds. The molecule has 0 radical (unpaired) electrons. The van der Waals surface area contributed by atoms with Gasteiger partial charge in [0.05, 0.1) is 0 Å². The van der Waals surface area contributed by atoms with Crippen LogP contribution in [-0.4, -0.2) is 14.1 Å². The summed E-state index contributed by atoms with van der Waals surface area (Å²) in [4.78, 5) is 12.2. The van der Waals surface area contributed by atoms with E-state index in [1.54, 1.807) is 0 Å². The van der Waals surface area contributed by atoms with Crippen LogP contribution in [0.15, 0.2) is 30.3 Å². The first-order valence-electron chi connectivity index (χ1n) is 6.94. The molecule has 0 unspecified atom stereocenters. The molecule has 0 saturated carbocycles. The van der Waals surface area contributed by atoms with Crippen molar-refractivity contribution in [3.05, 3.63) is 35.9 Å². The number of carbonyl (C=O) groups is 1. The summed E-state index contributed by atoms with van der Waals surface area (Å²) in [5, 5.41) is 0.105. The smallest absolute Gasteiger partial charge is 0.193 e. The lowest BCUT2D eigenvalue weighted by molar-refractivity contribution is -0.126. The highest BCUT2D eigenvalue weighted by atomic mass is 28.4. The summed E-state index contributed by atoms with van der Waals surface area (Å²) in [5.41, 5.74) is 0.971. The van der Waals surface area contributed by atoms with Crippen LogP contribution >= 0.6 is 0 Å². The van der Waals surface area contributed by atoms with Crippen LogP contribution in [0.5, 0.6) is 0 Å². The van der Waals surface area contributed by atoms with Crippen molar-refractivity contribution in [2.24, 2.45) is 0 Å². The van der Waals surface area contributed by atoms with Crippen molar-refractivity contribution in [3.8, 4) is 0 Å². The normalized spacial score (nSPS) is 14.2. The Kier molecular flexibility index (Phi) is 5.10. The molecule has 0 spiro atoms. The highest BCUT2D eigenvalue weighted by molar-refractivity contribution is 6.74. The predicted octanol–water partition coefficient (Wildman–Crippen LogP) is 4.73. The van der Waals surface area contributed by atoms with Gasteiger partial charge in [-0.3, -0.25) is 4.79 Å². The van der Waals surface area contributed by atoms with Gasteiger partial charge in [-0.15, -0.1) is 0 Å². The molecule has 1 rings (SSSR count). The van der Waals surface area contributed by atoms with Crippen LogP contribution in [-0.2, 0) is 9.22 Å². The summed E-state index contributed by atoms with van der Waals surface area (Å²) >= 11 is 0. The zero-order chi connectivity index (χ0) is 14.7. The average molecular weight is 278 g/mol. The van der Waals surface area contributed by atoms with Gasteiger partial charge >= 0.3 is 0 Å². The maximum atomic E-state index is 12.2. The number of rotatable bonds is 5. The standard InChI is InChI=1S/C16H26O2Si/c1-7-14(17)15(13-11-9-8-10-12-13)18-19(5,6)16(2,3)4/h8-12,15H,7H2,1-6H3/t15-/m1/s1. The van der Waals surface area contributed by atoms with Crippen molar-refractivity contribution < 1.29 is 9.22 Å². The summed E-state index contributed by atoms with van der Waals surface area (Å²) in [5.74, 6) is 0.163. The lowest BCUT2D eigenvalue weighted by atomic mass is 10.0. The molecule has 0 aliphatic heterocycles. The van der Waals surface area contributed by atoms with Crippen LogP contribution < -0.4 is 0 Å². The van der Waals surface area contributed by atoms with Crippen molar-refractivity contribution in [1.82, 2.24) is 0 Å². The second-order valence-electron chi connectivity index (χ2n) is 6.49. The predicted molar refractivity (Wildman–Crippen MR) is 82.8 cm³/mol. The molecule has 0 heterocycles. The lowest BCUT2D eigenvalue weighted by Gasteiger charge is -2.39. The van der Waals surface area contributed by atoms with Gasteiger partial charge in [-0.2, -0.15) is 0 Å². The van der Waals surface area contributed by atoms with E-state index < -0.39 is 14.4 Å². The van der Waals surface area contributed by atoms with Crippen LogP contribution in [0.3, 0.4) is 0 Å². The molecule has 2 nitrogen and oxygen atoms in total. The third-order valence-corrected chi connectivity index (χ3v) is 8.40. The number of carbonyl (C=O) groups excluding carboxylic acids is 1. The summed E-state index contributed by atoms with van der Waals surface area (Å²) in [6.45, 7) is 12.8. The number of hydrogen-bond acceptors (Lipinski definition) is 2. The van der Waals surface area contributed by atoms with Crippen molar-refractivity contribution in [3.63, 3.8) is 0 Å². The highest BCUT2D eigenvalue weighted by Crippen LogP contribution is 2.40. The van der Waals surface area contributed by atoms with Gasteiger partial charge < -0.3 is 4.43 Å². The van der Waals surface area contributed by atoms with Crippen LogP contribution in [0.2, 0.25) is 18.1 Å². The Labute approximate surface area is 118 Å². The number of hydrogen-bond donors (Lipinski definition) is 0. The van der Waals surface area contributed by atoms with Gasteiger partial charge in [0.15, 0.2) is 14.1 Å². The van der Waals surface area contributed by atoms with Crippen LogP contribution in [0, 0.1) is 0 Å². The quantitative estimate of drug-likeness (QED) is 0.728. The zero-order valence-corrected chi connectivity index (χ0v) is 14.0. The van der Waals surface area contributed by atoms with Crippen molar-refractivity contribution in [2.45, 2.75) is 58.4 Å². The van der Waals surface area contributed by atoms with E-state index in [2.05, 4.69) is 33.9 Å². The minimum atomic E-state index is -1.95. The molecule has 0 saturated heterocycles. The monoisotopic (exact) mass is 278 g/mol. The third-order valence-electron chi connectivity index (χ3n) is 3.96. The second kappa shape index (κ2) is 6.01. The zero-order valence-electron chi connectivity index (χ0n) is 13.0. The molecule has 0 aromatic heterocycles. The Morgan fingerprint density at radius 1 is 1.21 bits per heavy atom. The van der Waals surface area contributed by atoms with Gasteiger partial charge in [0.1, 0.15) is 6.10 Å². The molecule has 1 atom stereocenters. The minimum absolute atomic E-state index is 0.105. The highest BCUT2D eigenvalue weighted by Gasteiger charge is 2.40. The summed E-state index contributed by atoms with van der Waals surface area (Å²) < 4.78 is 6.33. The van der Waals surface area contributed by atoms with Gasteiger partial charge in [0, 0.05) is 6.42 Å². The van der Waals surface area contributed by atoms with Gasteiger partial charge in [-0.1, -0.05) is 58.0 Å². The van der Waals surface area contributed by atoms with Gasteiger partial charge in [0.2, 0.25) is 0 Å². The Morgan fingerprint density at radius 2 is 1.74 bits per heavy atom. The molecular weight excluding hydrogens is 252 g/mol. The first-order chi connectivity index (χ1) is 8.69.